The number of carbonyl (C=O) groups excluding carboxylic acids is 1. The van der Waals surface area contributed by atoms with Crippen molar-refractivity contribution >= 4 is 50.6 Å². The number of amides is 1. The Kier molecular flexibility index (Phi) is 5.40. The Morgan fingerprint density at radius 1 is 1.16 bits per heavy atom. The van der Waals surface area contributed by atoms with Gasteiger partial charge >= 0.3 is 0 Å². The van der Waals surface area contributed by atoms with Crippen LogP contribution in [-0.2, 0) is 16.6 Å². The summed E-state index contributed by atoms with van der Waals surface area (Å²) in [5.74, 6) is 1.21. The van der Waals surface area contributed by atoms with Gasteiger partial charge in [-0.15, -0.1) is 0 Å². The van der Waals surface area contributed by atoms with Gasteiger partial charge in [0, 0.05) is 60.7 Å². The van der Waals surface area contributed by atoms with Crippen molar-refractivity contribution in [1.29, 1.82) is 0 Å². The monoisotopic (exact) mass is 454 g/mol. The number of piperazine rings is 1. The van der Waals surface area contributed by atoms with Crippen molar-refractivity contribution in [3.8, 4) is 0 Å². The Labute approximate surface area is 192 Å². The van der Waals surface area contributed by atoms with E-state index in [-0.39, 0.29) is 11.3 Å². The van der Waals surface area contributed by atoms with Gasteiger partial charge in [0.25, 0.3) is 0 Å². The van der Waals surface area contributed by atoms with E-state index in [0.717, 1.165) is 66.8 Å². The Morgan fingerprint density at radius 3 is 2.74 bits per heavy atom. The number of halogens is 1. The molecular formula is C24H27ClN4OS. The molecule has 31 heavy (non-hydrogen) atoms. The highest BCUT2D eigenvalue weighted by Gasteiger charge is 2.33. The fraction of sp³-hybridized carbons (Fsp3) is 0.417. The van der Waals surface area contributed by atoms with Gasteiger partial charge in [-0.2, -0.15) is 4.37 Å². The highest BCUT2D eigenvalue weighted by Crippen LogP contribution is 2.41. The maximum Gasteiger partial charge on any atom is 0.225 e. The van der Waals surface area contributed by atoms with Crippen LogP contribution in [0.3, 0.4) is 0 Å². The van der Waals surface area contributed by atoms with Crippen LogP contribution in [0.15, 0.2) is 36.4 Å². The average molecular weight is 455 g/mol. The van der Waals surface area contributed by atoms with Crippen molar-refractivity contribution in [2.45, 2.75) is 32.1 Å². The predicted molar refractivity (Wildman–Crippen MR) is 130 cm³/mol. The van der Waals surface area contributed by atoms with Gasteiger partial charge in [-0.05, 0) is 53.3 Å². The smallest absolute Gasteiger partial charge is 0.225 e. The maximum absolute atomic E-state index is 12.3. The predicted octanol–water partition coefficient (Wildman–Crippen LogP) is 4.93. The van der Waals surface area contributed by atoms with Crippen LogP contribution >= 0.6 is 23.1 Å². The Morgan fingerprint density at radius 2 is 1.94 bits per heavy atom. The third-order valence-corrected chi connectivity index (χ3v) is 7.54. The number of hydrogen-bond acceptors (Lipinski definition) is 5. The highest BCUT2D eigenvalue weighted by molar-refractivity contribution is 7.13. The summed E-state index contributed by atoms with van der Waals surface area (Å²) in [4.78, 5) is 17.2. The molecule has 1 aromatic heterocycles. The summed E-state index contributed by atoms with van der Waals surface area (Å²) < 4.78 is 5.96. The SMILES string of the molecule is CC1(C)CC(=O)Nc2c(CCN3CCN(c4nsc5ccccc45)CC3)cc(Cl)cc21. The molecule has 5 rings (SSSR count). The summed E-state index contributed by atoms with van der Waals surface area (Å²) in [5, 5.41) is 5.11. The first-order chi connectivity index (χ1) is 14.9. The molecule has 1 fully saturated rings. The number of fused-ring (bicyclic) bond motifs is 2. The topological polar surface area (TPSA) is 48.5 Å². The van der Waals surface area contributed by atoms with E-state index in [1.165, 1.54) is 10.1 Å². The molecule has 0 unspecified atom stereocenters. The molecule has 5 nitrogen and oxygen atoms in total. The largest absolute Gasteiger partial charge is 0.353 e. The highest BCUT2D eigenvalue weighted by atomic mass is 35.5. The van der Waals surface area contributed by atoms with E-state index in [0.29, 0.717) is 6.42 Å². The lowest BCUT2D eigenvalue weighted by molar-refractivity contribution is -0.117. The Balaban J connectivity index is 1.26. The molecule has 2 aliphatic heterocycles. The van der Waals surface area contributed by atoms with Crippen molar-refractivity contribution in [2.75, 3.05) is 42.9 Å². The van der Waals surface area contributed by atoms with Crippen LogP contribution in [0, 0.1) is 0 Å². The lowest BCUT2D eigenvalue weighted by atomic mass is 9.77. The van der Waals surface area contributed by atoms with Crippen LogP contribution in [0.4, 0.5) is 11.5 Å². The van der Waals surface area contributed by atoms with Crippen molar-refractivity contribution in [3.05, 3.63) is 52.5 Å². The molecule has 3 aromatic rings. The van der Waals surface area contributed by atoms with Gasteiger partial charge in [-0.25, -0.2) is 0 Å². The lowest BCUT2D eigenvalue weighted by Gasteiger charge is -2.36. The van der Waals surface area contributed by atoms with Gasteiger partial charge in [-0.1, -0.05) is 37.6 Å². The summed E-state index contributed by atoms with van der Waals surface area (Å²) in [6, 6.07) is 12.5. The molecule has 0 atom stereocenters. The van der Waals surface area contributed by atoms with E-state index >= 15 is 0 Å². The van der Waals surface area contributed by atoms with Crippen LogP contribution in [0.2, 0.25) is 5.02 Å². The van der Waals surface area contributed by atoms with E-state index < -0.39 is 0 Å². The molecule has 0 bridgehead atoms. The zero-order valence-electron chi connectivity index (χ0n) is 17.9. The van der Waals surface area contributed by atoms with Crippen LogP contribution in [0.1, 0.15) is 31.4 Å². The number of hydrogen-bond donors (Lipinski definition) is 1. The van der Waals surface area contributed by atoms with Crippen LogP contribution in [-0.4, -0.2) is 47.9 Å². The molecule has 7 heteroatoms. The van der Waals surface area contributed by atoms with Gasteiger partial charge in [0.1, 0.15) is 5.82 Å². The van der Waals surface area contributed by atoms with Gasteiger partial charge in [-0.3, -0.25) is 9.69 Å². The van der Waals surface area contributed by atoms with Crippen molar-refractivity contribution in [1.82, 2.24) is 9.27 Å². The third-order valence-electron chi connectivity index (χ3n) is 6.51. The van der Waals surface area contributed by atoms with E-state index in [9.17, 15) is 4.79 Å². The zero-order valence-corrected chi connectivity index (χ0v) is 19.5. The molecule has 0 saturated carbocycles. The molecule has 0 spiro atoms. The summed E-state index contributed by atoms with van der Waals surface area (Å²) in [6.45, 7) is 9.15. The molecule has 2 aliphatic rings. The zero-order chi connectivity index (χ0) is 21.6. The van der Waals surface area contributed by atoms with Crippen LogP contribution in [0.5, 0.6) is 0 Å². The van der Waals surface area contributed by atoms with E-state index in [1.807, 2.05) is 12.1 Å². The quantitative estimate of drug-likeness (QED) is 0.607. The van der Waals surface area contributed by atoms with Gasteiger partial charge in [0.15, 0.2) is 0 Å². The lowest BCUT2D eigenvalue weighted by Crippen LogP contribution is -2.47. The van der Waals surface area contributed by atoms with Crippen LogP contribution < -0.4 is 10.2 Å². The van der Waals surface area contributed by atoms with Crippen LogP contribution in [0.25, 0.3) is 10.1 Å². The number of nitrogens with zero attached hydrogens (tertiary/aromatic N) is 3. The summed E-state index contributed by atoms with van der Waals surface area (Å²) >= 11 is 8.03. The summed E-state index contributed by atoms with van der Waals surface area (Å²) in [5.41, 5.74) is 3.06. The molecule has 1 amide bonds. The number of nitrogens with one attached hydrogen (secondary N) is 1. The molecule has 1 N–H and O–H groups in total. The van der Waals surface area contributed by atoms with Crippen molar-refractivity contribution in [3.63, 3.8) is 0 Å². The van der Waals surface area contributed by atoms with Crippen molar-refractivity contribution in [2.24, 2.45) is 0 Å². The first-order valence-corrected chi connectivity index (χ1v) is 12.0. The summed E-state index contributed by atoms with van der Waals surface area (Å²) in [6.07, 6.45) is 1.37. The second-order valence-electron chi connectivity index (χ2n) is 9.18. The molecule has 162 valence electrons. The first-order valence-electron chi connectivity index (χ1n) is 10.9. The standard InChI is InChI=1S/C24H27ClN4OS/c1-24(2)15-21(30)26-22-16(13-17(25)14-19(22)24)7-8-28-9-11-29(12-10-28)23-18-5-3-4-6-20(18)31-27-23/h3-6,13-14H,7-12,15H2,1-2H3,(H,26,30). The van der Waals surface area contributed by atoms with E-state index in [2.05, 4.69) is 53.2 Å². The Hall–Kier alpha value is -2.15. The average Bonchev–Trinajstić information content (AvgIpc) is 3.17. The molecule has 3 heterocycles. The van der Waals surface area contributed by atoms with Gasteiger partial charge < -0.3 is 10.2 Å². The number of rotatable bonds is 4. The fourth-order valence-electron chi connectivity index (χ4n) is 4.78. The molecule has 0 radical (unpaired) electrons. The third kappa shape index (κ3) is 4.04. The van der Waals surface area contributed by atoms with Gasteiger partial charge in [0.05, 0.1) is 4.70 Å². The number of aromatic nitrogens is 1. The minimum Gasteiger partial charge on any atom is -0.353 e. The number of carbonyl (C=O) groups is 1. The second-order valence-corrected chi connectivity index (χ2v) is 10.4. The number of anilines is 2. The second kappa shape index (κ2) is 8.08. The number of benzene rings is 2. The van der Waals surface area contributed by atoms with Gasteiger partial charge in [0.2, 0.25) is 5.91 Å². The van der Waals surface area contributed by atoms with Crippen molar-refractivity contribution < 1.29 is 4.79 Å². The maximum atomic E-state index is 12.3. The molecule has 2 aromatic carbocycles. The van der Waals surface area contributed by atoms with E-state index in [1.54, 1.807) is 11.5 Å². The minimum absolute atomic E-state index is 0.0881. The molecule has 0 aliphatic carbocycles. The molecular weight excluding hydrogens is 428 g/mol. The summed E-state index contributed by atoms with van der Waals surface area (Å²) in [7, 11) is 0. The first kappa shape index (κ1) is 20.7. The minimum atomic E-state index is -0.195. The Bertz CT molecular complexity index is 1130. The normalized spacial score (nSPS) is 18.8. The van der Waals surface area contributed by atoms with E-state index in [4.69, 9.17) is 16.0 Å². The molecule has 1 saturated heterocycles. The fourth-order valence-corrected chi connectivity index (χ4v) is 5.82.